The highest BCUT2D eigenvalue weighted by molar-refractivity contribution is 7.99. The zero-order valence-corrected chi connectivity index (χ0v) is 18.1. The lowest BCUT2D eigenvalue weighted by Gasteiger charge is -2.26. The monoisotopic (exact) mass is 422 g/mol. The minimum Gasteiger partial charge on any atom is -0.496 e. The first-order valence-corrected chi connectivity index (χ1v) is 11.3. The third kappa shape index (κ3) is 4.21. The Labute approximate surface area is 181 Å². The molecule has 1 aliphatic rings. The molecule has 30 heavy (non-hydrogen) atoms. The van der Waals surface area contributed by atoms with Crippen LogP contribution >= 0.6 is 11.8 Å². The number of para-hydroxylation sites is 1. The molecule has 4 rings (SSSR count). The number of carbonyl (C=O) groups excluding carboxylic acids is 1. The molecule has 7 heteroatoms. The number of hydrogen-bond acceptors (Lipinski definition) is 5. The molecule has 0 bridgehead atoms. The van der Waals surface area contributed by atoms with E-state index < -0.39 is 0 Å². The number of aromatic nitrogens is 3. The normalized spacial score (nSPS) is 15.5. The summed E-state index contributed by atoms with van der Waals surface area (Å²) >= 11 is 1.42. The summed E-state index contributed by atoms with van der Waals surface area (Å²) in [5.41, 5.74) is 3.48. The van der Waals surface area contributed by atoms with Crippen molar-refractivity contribution < 1.29 is 9.53 Å². The predicted molar refractivity (Wildman–Crippen MR) is 119 cm³/mol. The van der Waals surface area contributed by atoms with E-state index in [0.29, 0.717) is 12.3 Å². The zero-order chi connectivity index (χ0) is 20.9. The fourth-order valence-electron chi connectivity index (χ4n) is 3.98. The molecule has 0 spiro atoms. The van der Waals surface area contributed by atoms with Crippen molar-refractivity contribution in [3.63, 3.8) is 0 Å². The van der Waals surface area contributed by atoms with Crippen molar-refractivity contribution in [1.29, 1.82) is 0 Å². The van der Waals surface area contributed by atoms with Gasteiger partial charge in [0, 0.05) is 6.54 Å². The molecular weight excluding hydrogens is 396 g/mol. The van der Waals surface area contributed by atoms with Crippen molar-refractivity contribution in [1.82, 2.24) is 20.1 Å². The standard InChI is InChI=1S/C23H26N4O2S/c1-3-27-22(18-12-6-7-14-20(18)29-2)25-26-23(27)30-15-21(28)24-19-13-8-10-16-9-4-5-11-17(16)19/h4-7,9,11-12,14,19H,3,8,10,13,15H2,1-2H3,(H,24,28)/t19-/m1/s1. The van der Waals surface area contributed by atoms with Gasteiger partial charge in [-0.15, -0.1) is 10.2 Å². The second-order valence-corrected chi connectivity index (χ2v) is 8.19. The van der Waals surface area contributed by atoms with E-state index in [-0.39, 0.29) is 11.9 Å². The number of nitrogens with one attached hydrogen (secondary N) is 1. The molecule has 1 aliphatic carbocycles. The number of hydrogen-bond donors (Lipinski definition) is 1. The smallest absolute Gasteiger partial charge is 0.230 e. The molecule has 2 aromatic carbocycles. The number of amides is 1. The van der Waals surface area contributed by atoms with Crippen LogP contribution in [-0.4, -0.2) is 33.5 Å². The van der Waals surface area contributed by atoms with Gasteiger partial charge in [-0.05, 0) is 49.4 Å². The van der Waals surface area contributed by atoms with E-state index >= 15 is 0 Å². The lowest BCUT2D eigenvalue weighted by atomic mass is 9.88. The van der Waals surface area contributed by atoms with Gasteiger partial charge in [0.25, 0.3) is 0 Å². The molecule has 3 aromatic rings. The Morgan fingerprint density at radius 2 is 2.00 bits per heavy atom. The van der Waals surface area contributed by atoms with E-state index in [9.17, 15) is 4.79 Å². The van der Waals surface area contributed by atoms with Gasteiger partial charge in [-0.1, -0.05) is 48.2 Å². The maximum atomic E-state index is 12.7. The number of nitrogens with zero attached hydrogens (tertiary/aromatic N) is 3. The van der Waals surface area contributed by atoms with E-state index in [1.165, 1.54) is 22.9 Å². The minimum atomic E-state index is 0.0196. The third-order valence-electron chi connectivity index (χ3n) is 5.42. The molecule has 0 aliphatic heterocycles. The first-order valence-electron chi connectivity index (χ1n) is 10.3. The largest absolute Gasteiger partial charge is 0.496 e. The topological polar surface area (TPSA) is 69.0 Å². The lowest BCUT2D eigenvalue weighted by Crippen LogP contribution is -2.32. The quantitative estimate of drug-likeness (QED) is 0.576. The molecule has 0 fully saturated rings. The van der Waals surface area contributed by atoms with E-state index in [2.05, 4.69) is 33.7 Å². The van der Waals surface area contributed by atoms with E-state index in [1.54, 1.807) is 7.11 Å². The van der Waals surface area contributed by atoms with Crippen LogP contribution in [0, 0.1) is 0 Å². The number of aryl methyl sites for hydroxylation is 1. The Hall–Kier alpha value is -2.80. The van der Waals surface area contributed by atoms with Crippen LogP contribution in [0.4, 0.5) is 0 Å². The lowest BCUT2D eigenvalue weighted by molar-refractivity contribution is -0.119. The van der Waals surface area contributed by atoms with Crippen molar-refractivity contribution in [2.24, 2.45) is 0 Å². The Bertz CT molecular complexity index is 1030. The molecule has 0 saturated heterocycles. The Balaban J connectivity index is 1.45. The van der Waals surface area contributed by atoms with Gasteiger partial charge < -0.3 is 14.6 Å². The molecule has 1 amide bonds. The summed E-state index contributed by atoms with van der Waals surface area (Å²) in [6.45, 7) is 2.76. The number of benzene rings is 2. The van der Waals surface area contributed by atoms with Gasteiger partial charge in [-0.25, -0.2) is 0 Å². The van der Waals surface area contributed by atoms with Crippen molar-refractivity contribution in [3.8, 4) is 17.1 Å². The Kier molecular flexibility index (Phi) is 6.38. The molecule has 1 N–H and O–H groups in total. The number of ether oxygens (including phenoxy) is 1. The zero-order valence-electron chi connectivity index (χ0n) is 17.3. The van der Waals surface area contributed by atoms with Crippen LogP contribution in [0.2, 0.25) is 0 Å². The molecule has 156 valence electrons. The van der Waals surface area contributed by atoms with Gasteiger partial charge in [0.1, 0.15) is 5.75 Å². The van der Waals surface area contributed by atoms with Crippen molar-refractivity contribution in [2.75, 3.05) is 12.9 Å². The van der Waals surface area contributed by atoms with Gasteiger partial charge in [-0.3, -0.25) is 4.79 Å². The summed E-state index contributed by atoms with van der Waals surface area (Å²) in [5.74, 6) is 1.83. The SMILES string of the molecule is CCn1c(SCC(=O)N[C@@H]2CCCc3ccccc32)nnc1-c1ccccc1OC. The highest BCUT2D eigenvalue weighted by Crippen LogP contribution is 2.32. The van der Waals surface area contributed by atoms with E-state index in [0.717, 1.165) is 41.6 Å². The minimum absolute atomic E-state index is 0.0196. The second-order valence-electron chi connectivity index (χ2n) is 7.25. The van der Waals surface area contributed by atoms with Crippen LogP contribution < -0.4 is 10.1 Å². The van der Waals surface area contributed by atoms with E-state index in [1.807, 2.05) is 41.8 Å². The predicted octanol–water partition coefficient (Wildman–Crippen LogP) is 4.26. The number of thioether (sulfide) groups is 1. The van der Waals surface area contributed by atoms with Crippen LogP contribution in [0.15, 0.2) is 53.7 Å². The summed E-state index contributed by atoms with van der Waals surface area (Å²) in [7, 11) is 1.65. The molecule has 1 atom stereocenters. The van der Waals surface area contributed by atoms with Crippen molar-refractivity contribution in [3.05, 3.63) is 59.7 Å². The molecule has 0 radical (unpaired) electrons. The van der Waals surface area contributed by atoms with Crippen LogP contribution in [0.3, 0.4) is 0 Å². The molecule has 1 aromatic heterocycles. The van der Waals surface area contributed by atoms with Gasteiger partial charge in [-0.2, -0.15) is 0 Å². The molecule has 0 saturated carbocycles. The van der Waals surface area contributed by atoms with Crippen LogP contribution in [0.5, 0.6) is 5.75 Å². The van der Waals surface area contributed by atoms with Crippen molar-refractivity contribution >= 4 is 17.7 Å². The second kappa shape index (κ2) is 9.34. The average molecular weight is 423 g/mol. The van der Waals surface area contributed by atoms with Crippen molar-refractivity contribution in [2.45, 2.75) is 43.9 Å². The molecule has 1 heterocycles. The van der Waals surface area contributed by atoms with Gasteiger partial charge in [0.2, 0.25) is 5.91 Å². The van der Waals surface area contributed by atoms with Crippen LogP contribution in [-0.2, 0) is 17.8 Å². The van der Waals surface area contributed by atoms with Gasteiger partial charge in [0.15, 0.2) is 11.0 Å². The maximum Gasteiger partial charge on any atom is 0.230 e. The summed E-state index contributed by atoms with van der Waals surface area (Å²) in [6, 6.07) is 16.2. The fourth-order valence-corrected chi connectivity index (χ4v) is 4.79. The molecule has 0 unspecified atom stereocenters. The summed E-state index contributed by atoms with van der Waals surface area (Å²) in [5, 5.41) is 12.6. The first kappa shape index (κ1) is 20.5. The summed E-state index contributed by atoms with van der Waals surface area (Å²) in [6.07, 6.45) is 3.17. The van der Waals surface area contributed by atoms with Crippen LogP contribution in [0.25, 0.3) is 11.4 Å². The number of carbonyl (C=O) groups is 1. The summed E-state index contributed by atoms with van der Waals surface area (Å²) in [4.78, 5) is 12.7. The van der Waals surface area contributed by atoms with Crippen LogP contribution in [0.1, 0.15) is 36.9 Å². The molecule has 6 nitrogen and oxygen atoms in total. The fraction of sp³-hybridized carbons (Fsp3) is 0.348. The third-order valence-corrected chi connectivity index (χ3v) is 6.38. The maximum absolute atomic E-state index is 12.7. The Morgan fingerprint density at radius 1 is 1.20 bits per heavy atom. The number of methoxy groups -OCH3 is 1. The number of fused-ring (bicyclic) bond motifs is 1. The van der Waals surface area contributed by atoms with Gasteiger partial charge >= 0.3 is 0 Å². The van der Waals surface area contributed by atoms with Gasteiger partial charge in [0.05, 0.1) is 24.5 Å². The molecular formula is C23H26N4O2S. The Morgan fingerprint density at radius 3 is 2.83 bits per heavy atom. The number of rotatable bonds is 7. The average Bonchev–Trinajstić information content (AvgIpc) is 3.20. The highest BCUT2D eigenvalue weighted by Gasteiger charge is 2.22. The first-order chi connectivity index (χ1) is 14.7. The van der Waals surface area contributed by atoms with E-state index in [4.69, 9.17) is 4.74 Å². The summed E-state index contributed by atoms with van der Waals surface area (Å²) < 4.78 is 7.49. The highest BCUT2D eigenvalue weighted by atomic mass is 32.2.